The summed E-state index contributed by atoms with van der Waals surface area (Å²) in [4.78, 5) is 61.1. The van der Waals surface area contributed by atoms with Crippen LogP contribution in [0.25, 0.3) is 0 Å². The molecule has 0 radical (unpaired) electrons. The van der Waals surface area contributed by atoms with Crippen LogP contribution in [-0.2, 0) is 23.9 Å². The molecule has 0 aromatic heterocycles. The van der Waals surface area contributed by atoms with Gasteiger partial charge in [-0.05, 0) is 83.2 Å². The fourth-order valence-electron chi connectivity index (χ4n) is 8.01. The molecule has 0 saturated carbocycles. The van der Waals surface area contributed by atoms with Crippen LogP contribution in [0.15, 0.2) is 42.0 Å². The van der Waals surface area contributed by atoms with Crippen molar-refractivity contribution in [3.63, 3.8) is 0 Å². The number of carbonyl (C=O) groups is 4. The molecule has 53 heavy (non-hydrogen) atoms. The second kappa shape index (κ2) is 22.2. The number of hydrogen-bond acceptors (Lipinski definition) is 6. The van der Waals surface area contributed by atoms with Crippen LogP contribution >= 0.6 is 0 Å². The van der Waals surface area contributed by atoms with Crippen molar-refractivity contribution in [1.29, 1.82) is 0 Å². The average Bonchev–Trinajstić information content (AvgIpc) is 3.64. The number of nitrogens with zero attached hydrogens (tertiary/aromatic N) is 3. The third-order valence-electron chi connectivity index (χ3n) is 11.3. The Bertz CT molecular complexity index is 1330. The zero-order valence-electron chi connectivity index (χ0n) is 34.6. The topological polar surface area (TPSA) is 99.3 Å². The molecule has 1 N–H and O–H groups in total. The van der Waals surface area contributed by atoms with E-state index < -0.39 is 12.1 Å². The van der Waals surface area contributed by atoms with Gasteiger partial charge in [0.2, 0.25) is 17.7 Å². The molecule has 2 heterocycles. The second-order valence-corrected chi connectivity index (χ2v) is 16.5. The standard InChI is InChI=1S/C44H72N4O5/c1-10-11-12-13-14-15-19-27-39(35-23-17-16-18-24-35)53-44(52)37-26-22-29-48(37)42(50)34(8)30-38(31(2)3)46(9)43(51)40(32(4)5)45-41(49)36-25-20-21-28-47(36)33(6)7/h16-18,23-24,30-33,36-40H,10-15,19-22,25-29H2,1-9H3,(H,45,49)/t36?,37-,38+,39-,40-/m0/s1. The monoisotopic (exact) mass is 737 g/mol. The molecule has 0 aliphatic carbocycles. The molecular formula is C44H72N4O5. The highest BCUT2D eigenvalue weighted by atomic mass is 16.5. The van der Waals surface area contributed by atoms with Crippen LogP contribution in [-0.4, -0.2) is 88.7 Å². The number of nitrogens with one attached hydrogen (secondary N) is 1. The van der Waals surface area contributed by atoms with Gasteiger partial charge in [0.1, 0.15) is 18.2 Å². The first-order chi connectivity index (χ1) is 25.3. The van der Waals surface area contributed by atoms with Crippen molar-refractivity contribution in [1.82, 2.24) is 20.0 Å². The molecule has 5 atom stereocenters. The van der Waals surface area contributed by atoms with Crippen LogP contribution in [0.2, 0.25) is 0 Å². The van der Waals surface area contributed by atoms with Crippen molar-refractivity contribution in [3.05, 3.63) is 47.5 Å². The summed E-state index contributed by atoms with van der Waals surface area (Å²) in [6, 6.07) is 8.22. The number of ether oxygens (including phenoxy) is 1. The summed E-state index contributed by atoms with van der Waals surface area (Å²) in [5.74, 6) is -0.942. The van der Waals surface area contributed by atoms with Crippen molar-refractivity contribution in [2.75, 3.05) is 20.1 Å². The molecule has 2 fully saturated rings. The number of benzene rings is 1. The molecule has 298 valence electrons. The average molecular weight is 737 g/mol. The minimum absolute atomic E-state index is 0.00241. The van der Waals surface area contributed by atoms with Crippen molar-refractivity contribution in [2.24, 2.45) is 11.8 Å². The summed E-state index contributed by atoms with van der Waals surface area (Å²) in [5, 5.41) is 3.12. The zero-order chi connectivity index (χ0) is 39.1. The van der Waals surface area contributed by atoms with Crippen LogP contribution in [0.4, 0.5) is 0 Å². The fourth-order valence-corrected chi connectivity index (χ4v) is 8.01. The number of esters is 1. The highest BCUT2D eigenvalue weighted by molar-refractivity contribution is 5.96. The summed E-state index contributed by atoms with van der Waals surface area (Å²) in [6.07, 6.45) is 14.7. The molecule has 2 saturated heterocycles. The third-order valence-corrected chi connectivity index (χ3v) is 11.3. The Kier molecular flexibility index (Phi) is 18.5. The number of hydrogen-bond donors (Lipinski definition) is 1. The lowest BCUT2D eigenvalue weighted by Gasteiger charge is -2.39. The lowest BCUT2D eigenvalue weighted by molar-refractivity contribution is -0.158. The Morgan fingerprint density at radius 1 is 0.849 bits per heavy atom. The van der Waals surface area contributed by atoms with Gasteiger partial charge >= 0.3 is 5.97 Å². The maximum atomic E-state index is 14.1. The van der Waals surface area contributed by atoms with Crippen LogP contribution in [0, 0.1) is 11.8 Å². The van der Waals surface area contributed by atoms with E-state index in [-0.39, 0.29) is 59.8 Å². The first-order valence-electron chi connectivity index (χ1n) is 20.9. The van der Waals surface area contributed by atoms with Gasteiger partial charge in [0.25, 0.3) is 0 Å². The number of rotatable bonds is 20. The number of carbonyl (C=O) groups excluding carboxylic acids is 4. The van der Waals surface area contributed by atoms with E-state index in [1.807, 2.05) is 64.1 Å². The molecular weight excluding hydrogens is 665 g/mol. The maximum absolute atomic E-state index is 14.1. The highest BCUT2D eigenvalue weighted by Crippen LogP contribution is 2.29. The summed E-state index contributed by atoms with van der Waals surface area (Å²) in [5.41, 5.74) is 1.48. The third kappa shape index (κ3) is 13.0. The summed E-state index contributed by atoms with van der Waals surface area (Å²) < 4.78 is 6.22. The van der Waals surface area contributed by atoms with Gasteiger partial charge in [0.05, 0.1) is 12.1 Å². The molecule has 2 aliphatic rings. The Balaban J connectivity index is 1.70. The van der Waals surface area contributed by atoms with Gasteiger partial charge in [0.15, 0.2) is 0 Å². The SMILES string of the molecule is CCCCCCCCC[C@H](OC(=O)[C@@H]1CCCN1C(=O)C(C)=C[C@H](C(C)C)N(C)C(=O)[C@@H](NC(=O)C1CCCCN1C(C)C)C(C)C)c1ccccc1. The van der Waals surface area contributed by atoms with Gasteiger partial charge < -0.3 is 19.9 Å². The van der Waals surface area contributed by atoms with E-state index in [1.54, 1.807) is 23.8 Å². The van der Waals surface area contributed by atoms with Crippen molar-refractivity contribution < 1.29 is 23.9 Å². The van der Waals surface area contributed by atoms with E-state index in [9.17, 15) is 19.2 Å². The predicted octanol–water partition coefficient (Wildman–Crippen LogP) is 8.24. The number of piperidine rings is 1. The minimum atomic E-state index is -0.689. The van der Waals surface area contributed by atoms with E-state index in [2.05, 4.69) is 31.0 Å². The molecule has 2 aliphatic heterocycles. The Morgan fingerprint density at radius 2 is 1.49 bits per heavy atom. The van der Waals surface area contributed by atoms with Crippen LogP contribution < -0.4 is 5.32 Å². The Morgan fingerprint density at radius 3 is 2.11 bits per heavy atom. The number of amides is 3. The molecule has 3 rings (SSSR count). The largest absolute Gasteiger partial charge is 0.456 e. The van der Waals surface area contributed by atoms with Crippen molar-refractivity contribution >= 4 is 23.7 Å². The van der Waals surface area contributed by atoms with E-state index in [0.717, 1.165) is 57.1 Å². The molecule has 9 nitrogen and oxygen atoms in total. The zero-order valence-corrected chi connectivity index (χ0v) is 34.6. The van der Waals surface area contributed by atoms with Crippen molar-refractivity contribution in [2.45, 2.75) is 175 Å². The summed E-state index contributed by atoms with van der Waals surface area (Å²) in [6.45, 7) is 17.5. The Labute approximate surface area is 321 Å². The molecule has 9 heteroatoms. The minimum Gasteiger partial charge on any atom is -0.456 e. The molecule has 1 aromatic rings. The van der Waals surface area contributed by atoms with E-state index in [4.69, 9.17) is 4.74 Å². The van der Waals surface area contributed by atoms with Gasteiger partial charge in [-0.15, -0.1) is 0 Å². The molecule has 0 bridgehead atoms. The van der Waals surface area contributed by atoms with Gasteiger partial charge in [-0.2, -0.15) is 0 Å². The molecule has 1 aromatic carbocycles. The van der Waals surface area contributed by atoms with Crippen LogP contribution in [0.3, 0.4) is 0 Å². The molecule has 0 spiro atoms. The highest BCUT2D eigenvalue weighted by Gasteiger charge is 2.39. The molecule has 1 unspecified atom stereocenters. The van der Waals surface area contributed by atoms with Gasteiger partial charge in [-0.3, -0.25) is 19.3 Å². The summed E-state index contributed by atoms with van der Waals surface area (Å²) >= 11 is 0. The first kappa shape index (κ1) is 44.2. The quantitative estimate of drug-likeness (QED) is 0.0823. The predicted molar refractivity (Wildman–Crippen MR) is 214 cm³/mol. The lowest BCUT2D eigenvalue weighted by atomic mass is 9.95. The Hall–Kier alpha value is -3.20. The first-order valence-corrected chi connectivity index (χ1v) is 20.9. The van der Waals surface area contributed by atoms with Gasteiger partial charge in [-0.25, -0.2) is 4.79 Å². The smallest absolute Gasteiger partial charge is 0.329 e. The van der Waals surface area contributed by atoms with Crippen LogP contribution in [0.5, 0.6) is 0 Å². The van der Waals surface area contributed by atoms with Crippen molar-refractivity contribution in [3.8, 4) is 0 Å². The van der Waals surface area contributed by atoms with E-state index in [1.165, 1.54) is 32.1 Å². The summed E-state index contributed by atoms with van der Waals surface area (Å²) in [7, 11) is 1.76. The molecule has 3 amide bonds. The van der Waals surface area contributed by atoms with E-state index >= 15 is 0 Å². The van der Waals surface area contributed by atoms with Gasteiger partial charge in [-0.1, -0.05) is 116 Å². The number of likely N-dealkylation sites (N-methyl/N-ethyl adjacent to an activating group) is 1. The fraction of sp³-hybridized carbons (Fsp3) is 0.727. The lowest BCUT2D eigenvalue weighted by Crippen LogP contribution is -2.58. The number of likely N-dealkylation sites (tertiary alicyclic amines) is 2. The van der Waals surface area contributed by atoms with Gasteiger partial charge in [0, 0.05) is 25.2 Å². The van der Waals surface area contributed by atoms with E-state index in [0.29, 0.717) is 18.5 Å². The maximum Gasteiger partial charge on any atom is 0.329 e. The van der Waals surface area contributed by atoms with Crippen LogP contribution in [0.1, 0.15) is 151 Å². The normalized spacial score (nSPS) is 20.1. The number of unbranched alkanes of at least 4 members (excludes halogenated alkanes) is 6. The second-order valence-electron chi connectivity index (χ2n) is 16.5.